The normalized spacial score (nSPS) is 11.4. The number of benzene rings is 3. The number of amides is 1. The number of rotatable bonds is 7. The van der Waals surface area contributed by atoms with Gasteiger partial charge in [0.15, 0.2) is 0 Å². The van der Waals surface area contributed by atoms with Crippen LogP contribution in [0.1, 0.15) is 5.56 Å². The molecule has 1 N–H and O–H groups in total. The number of sulfonamides is 1. The van der Waals surface area contributed by atoms with Crippen molar-refractivity contribution < 1.29 is 13.2 Å². The van der Waals surface area contributed by atoms with Gasteiger partial charge in [0.25, 0.3) is 0 Å². The Kier molecular flexibility index (Phi) is 7.08. The summed E-state index contributed by atoms with van der Waals surface area (Å²) < 4.78 is 28.4. The Morgan fingerprint density at radius 3 is 2.17 bits per heavy atom. The number of carbonyl (C=O) groups excluding carboxylic acids is 1. The highest BCUT2D eigenvalue weighted by atomic mass is 79.9. The molecule has 8 heteroatoms. The van der Waals surface area contributed by atoms with Crippen LogP contribution in [0, 0.1) is 0 Å². The lowest BCUT2D eigenvalue weighted by Gasteiger charge is -2.22. The number of hydrogen-bond acceptors (Lipinski definition) is 3. The van der Waals surface area contributed by atoms with E-state index in [0.717, 1.165) is 14.3 Å². The van der Waals surface area contributed by atoms with Gasteiger partial charge in [-0.3, -0.25) is 4.79 Å². The van der Waals surface area contributed by atoms with Crippen molar-refractivity contribution in [3.05, 3.63) is 93.9 Å². The molecule has 150 valence electrons. The molecule has 0 fully saturated rings. The number of para-hydroxylation sites is 1. The van der Waals surface area contributed by atoms with E-state index in [1.807, 2.05) is 30.3 Å². The molecule has 3 rings (SSSR count). The molecule has 0 aliphatic heterocycles. The van der Waals surface area contributed by atoms with Crippen LogP contribution in [-0.2, 0) is 21.4 Å². The van der Waals surface area contributed by atoms with Gasteiger partial charge in [0.05, 0.1) is 11.4 Å². The Morgan fingerprint density at radius 1 is 0.931 bits per heavy atom. The third kappa shape index (κ3) is 5.90. The van der Waals surface area contributed by atoms with Crippen molar-refractivity contribution in [2.24, 2.45) is 0 Å². The molecule has 3 aromatic rings. The SMILES string of the molecule is O=C(CN(Cc1ccc(Br)cc1)S(=O)(=O)c1ccc(Cl)cc1)Nc1ccccc1. The Labute approximate surface area is 183 Å². The van der Waals surface area contributed by atoms with Gasteiger partial charge >= 0.3 is 0 Å². The minimum Gasteiger partial charge on any atom is -0.325 e. The van der Waals surface area contributed by atoms with Crippen molar-refractivity contribution in [3.63, 3.8) is 0 Å². The highest BCUT2D eigenvalue weighted by Crippen LogP contribution is 2.21. The molecular weight excluding hydrogens is 476 g/mol. The van der Waals surface area contributed by atoms with E-state index in [-0.39, 0.29) is 18.0 Å². The van der Waals surface area contributed by atoms with E-state index < -0.39 is 15.9 Å². The molecule has 5 nitrogen and oxygen atoms in total. The van der Waals surface area contributed by atoms with Crippen molar-refractivity contribution in [1.29, 1.82) is 0 Å². The monoisotopic (exact) mass is 492 g/mol. The fraction of sp³-hybridized carbons (Fsp3) is 0.0952. The average molecular weight is 494 g/mol. The highest BCUT2D eigenvalue weighted by Gasteiger charge is 2.27. The maximum Gasteiger partial charge on any atom is 0.243 e. The van der Waals surface area contributed by atoms with E-state index in [1.165, 1.54) is 24.3 Å². The van der Waals surface area contributed by atoms with E-state index in [0.29, 0.717) is 10.7 Å². The van der Waals surface area contributed by atoms with Crippen LogP contribution < -0.4 is 5.32 Å². The van der Waals surface area contributed by atoms with Gasteiger partial charge in [0, 0.05) is 21.7 Å². The van der Waals surface area contributed by atoms with Crippen molar-refractivity contribution in [3.8, 4) is 0 Å². The summed E-state index contributed by atoms with van der Waals surface area (Å²) >= 11 is 9.25. The molecule has 0 heterocycles. The minimum atomic E-state index is -3.91. The van der Waals surface area contributed by atoms with Gasteiger partial charge in [-0.15, -0.1) is 0 Å². The molecule has 0 saturated heterocycles. The Hall–Kier alpha value is -2.19. The molecule has 0 radical (unpaired) electrons. The van der Waals surface area contributed by atoms with Crippen LogP contribution in [0.15, 0.2) is 88.2 Å². The zero-order valence-electron chi connectivity index (χ0n) is 15.3. The van der Waals surface area contributed by atoms with Gasteiger partial charge in [-0.25, -0.2) is 8.42 Å². The first-order valence-corrected chi connectivity index (χ1v) is 11.3. The van der Waals surface area contributed by atoms with Gasteiger partial charge in [-0.05, 0) is 54.1 Å². The summed E-state index contributed by atoms with van der Waals surface area (Å²) in [6.45, 7) is -0.267. The summed E-state index contributed by atoms with van der Waals surface area (Å²) in [6.07, 6.45) is 0. The average Bonchev–Trinajstić information content (AvgIpc) is 2.70. The van der Waals surface area contributed by atoms with Crippen LogP contribution in [0.5, 0.6) is 0 Å². The summed E-state index contributed by atoms with van der Waals surface area (Å²) in [6, 6.07) is 22.1. The zero-order valence-corrected chi connectivity index (χ0v) is 18.4. The van der Waals surface area contributed by atoms with Crippen molar-refractivity contribution in [2.45, 2.75) is 11.4 Å². The molecule has 0 saturated carbocycles. The molecule has 1 amide bonds. The number of halogens is 2. The summed E-state index contributed by atoms with van der Waals surface area (Å²) in [5.41, 5.74) is 1.36. The van der Waals surface area contributed by atoms with E-state index in [2.05, 4.69) is 21.2 Å². The standard InChI is InChI=1S/C21H18BrClN2O3S/c22-17-8-6-16(7-9-17)14-25(15-21(26)24-19-4-2-1-3-5-19)29(27,28)20-12-10-18(23)11-13-20/h1-13H,14-15H2,(H,24,26). The lowest BCUT2D eigenvalue weighted by molar-refractivity contribution is -0.116. The van der Waals surface area contributed by atoms with E-state index in [4.69, 9.17) is 11.6 Å². The van der Waals surface area contributed by atoms with E-state index in [9.17, 15) is 13.2 Å². The lowest BCUT2D eigenvalue weighted by atomic mass is 10.2. The highest BCUT2D eigenvalue weighted by molar-refractivity contribution is 9.10. The van der Waals surface area contributed by atoms with Crippen molar-refractivity contribution in [1.82, 2.24) is 4.31 Å². The smallest absolute Gasteiger partial charge is 0.243 e. The Bertz CT molecular complexity index is 1070. The molecule has 0 unspecified atom stereocenters. The molecule has 0 atom stereocenters. The summed E-state index contributed by atoms with van der Waals surface area (Å²) in [5.74, 6) is -0.425. The molecule has 0 aliphatic rings. The third-order valence-corrected chi connectivity index (χ3v) is 6.69. The molecule has 0 aromatic heterocycles. The second-order valence-corrected chi connectivity index (χ2v) is 9.56. The molecule has 0 bridgehead atoms. The van der Waals surface area contributed by atoms with E-state index >= 15 is 0 Å². The van der Waals surface area contributed by atoms with Crippen LogP contribution in [0.2, 0.25) is 5.02 Å². The van der Waals surface area contributed by atoms with Crippen molar-refractivity contribution in [2.75, 3.05) is 11.9 Å². The minimum absolute atomic E-state index is 0.0560. The number of carbonyl (C=O) groups is 1. The Morgan fingerprint density at radius 2 is 1.55 bits per heavy atom. The molecule has 3 aromatic carbocycles. The first kappa shape index (κ1) is 21.5. The number of hydrogen-bond donors (Lipinski definition) is 1. The zero-order chi connectivity index (χ0) is 20.9. The quantitative estimate of drug-likeness (QED) is 0.507. The summed E-state index contributed by atoms with van der Waals surface area (Å²) in [4.78, 5) is 12.6. The van der Waals surface area contributed by atoms with Gasteiger partial charge < -0.3 is 5.32 Å². The maximum atomic E-state index is 13.2. The molecule has 29 heavy (non-hydrogen) atoms. The fourth-order valence-electron chi connectivity index (χ4n) is 2.66. The van der Waals surface area contributed by atoms with Crippen LogP contribution in [0.3, 0.4) is 0 Å². The predicted molar refractivity (Wildman–Crippen MR) is 118 cm³/mol. The first-order chi connectivity index (χ1) is 13.8. The molecule has 0 spiro atoms. The second kappa shape index (κ2) is 9.54. The van der Waals surface area contributed by atoms with Gasteiger partial charge in [0.1, 0.15) is 0 Å². The van der Waals surface area contributed by atoms with Crippen LogP contribution in [0.4, 0.5) is 5.69 Å². The molecule has 0 aliphatic carbocycles. The van der Waals surface area contributed by atoms with E-state index in [1.54, 1.807) is 24.3 Å². The number of nitrogens with zero attached hydrogens (tertiary/aromatic N) is 1. The first-order valence-electron chi connectivity index (χ1n) is 8.70. The topological polar surface area (TPSA) is 66.5 Å². The predicted octanol–water partition coefficient (Wildman–Crippen LogP) is 4.93. The van der Waals surface area contributed by atoms with Crippen LogP contribution in [-0.4, -0.2) is 25.2 Å². The van der Waals surface area contributed by atoms with Gasteiger partial charge in [0.2, 0.25) is 15.9 Å². The third-order valence-electron chi connectivity index (χ3n) is 4.10. The Balaban J connectivity index is 1.87. The van der Waals surface area contributed by atoms with Crippen LogP contribution >= 0.6 is 27.5 Å². The maximum absolute atomic E-state index is 13.2. The second-order valence-electron chi connectivity index (χ2n) is 6.27. The summed E-state index contributed by atoms with van der Waals surface area (Å²) in [7, 11) is -3.91. The summed E-state index contributed by atoms with van der Waals surface area (Å²) in [5, 5.41) is 3.16. The van der Waals surface area contributed by atoms with Crippen LogP contribution in [0.25, 0.3) is 0 Å². The van der Waals surface area contributed by atoms with Gasteiger partial charge in [-0.1, -0.05) is 57.9 Å². The molecular formula is C21H18BrClN2O3S. The fourth-order valence-corrected chi connectivity index (χ4v) is 4.43. The van der Waals surface area contributed by atoms with Gasteiger partial charge in [-0.2, -0.15) is 4.31 Å². The number of anilines is 1. The van der Waals surface area contributed by atoms with Crippen molar-refractivity contribution >= 4 is 49.1 Å². The lowest BCUT2D eigenvalue weighted by Crippen LogP contribution is -2.37. The number of nitrogens with one attached hydrogen (secondary N) is 1. The largest absolute Gasteiger partial charge is 0.325 e.